The van der Waals surface area contributed by atoms with Gasteiger partial charge in [-0.3, -0.25) is 0 Å². The van der Waals surface area contributed by atoms with Crippen LogP contribution < -0.4 is 14.5 Å². The van der Waals surface area contributed by atoms with Crippen LogP contribution in [0.1, 0.15) is 0 Å². The Hall–Kier alpha value is -3.11. The summed E-state index contributed by atoms with van der Waals surface area (Å²) in [5, 5.41) is 4.16. The number of hydrogen-bond acceptors (Lipinski definition) is 5. The summed E-state index contributed by atoms with van der Waals surface area (Å²) in [5.74, 6) is 0.713. The van der Waals surface area contributed by atoms with E-state index in [1.807, 2.05) is 0 Å². The average molecular weight is 284 g/mol. The molecule has 0 atom stereocenters. The summed E-state index contributed by atoms with van der Waals surface area (Å²) < 4.78 is 10.3. The lowest BCUT2D eigenvalue weighted by molar-refractivity contribution is 0.207. The molecule has 1 amide bonds. The number of ether oxygens (including phenoxy) is 2. The first kappa shape index (κ1) is 14.3. The number of carbonyl (C=O) groups excluding carboxylic acids is 2. The molecule has 0 radical (unpaired) electrons. The third kappa shape index (κ3) is 3.46. The van der Waals surface area contributed by atoms with Crippen LogP contribution in [0.2, 0.25) is 0 Å². The highest BCUT2D eigenvalue weighted by Crippen LogP contribution is 2.28. The third-order valence-corrected chi connectivity index (χ3v) is 2.58. The number of carbonyl (C=O) groups is 1. The van der Waals surface area contributed by atoms with E-state index < -0.39 is 6.09 Å². The standard InChI is InChI=1S/C15H12N2O4/c1-20-14-10-6-5-9-13(14)17(16-11-18)15(19)21-12-7-3-2-4-8-12/h2-10H,1H3. The number of benzene rings is 2. The fourth-order valence-electron chi connectivity index (χ4n) is 1.67. The minimum atomic E-state index is -0.839. The highest BCUT2D eigenvalue weighted by Gasteiger charge is 2.21. The van der Waals surface area contributed by atoms with Crippen LogP contribution in [0, 0.1) is 0 Å². The van der Waals surface area contributed by atoms with Gasteiger partial charge in [0.05, 0.1) is 7.11 Å². The van der Waals surface area contributed by atoms with Crippen LogP contribution in [0.25, 0.3) is 0 Å². The Labute approximate surface area is 121 Å². The van der Waals surface area contributed by atoms with Gasteiger partial charge in [0.25, 0.3) is 6.08 Å². The smallest absolute Gasteiger partial charge is 0.441 e. The maximum absolute atomic E-state index is 12.1. The van der Waals surface area contributed by atoms with Crippen molar-refractivity contribution in [2.75, 3.05) is 12.1 Å². The van der Waals surface area contributed by atoms with Gasteiger partial charge >= 0.3 is 6.09 Å². The van der Waals surface area contributed by atoms with Crippen molar-refractivity contribution in [2.45, 2.75) is 0 Å². The quantitative estimate of drug-likeness (QED) is 0.492. The van der Waals surface area contributed by atoms with E-state index in [-0.39, 0.29) is 5.69 Å². The van der Waals surface area contributed by atoms with E-state index in [0.29, 0.717) is 11.5 Å². The third-order valence-electron chi connectivity index (χ3n) is 2.58. The summed E-state index contributed by atoms with van der Waals surface area (Å²) in [7, 11) is 1.45. The van der Waals surface area contributed by atoms with Crippen LogP contribution in [-0.4, -0.2) is 19.3 Å². The Balaban J connectivity index is 2.30. The Morgan fingerprint density at radius 3 is 2.43 bits per heavy atom. The molecular formula is C15H12N2O4. The van der Waals surface area contributed by atoms with E-state index in [4.69, 9.17) is 9.47 Å². The first-order valence-electron chi connectivity index (χ1n) is 6.04. The maximum atomic E-state index is 12.1. The molecule has 0 fully saturated rings. The van der Waals surface area contributed by atoms with Crippen LogP contribution in [0.5, 0.6) is 11.5 Å². The normalized spacial score (nSPS) is 9.38. The number of methoxy groups -OCH3 is 1. The van der Waals surface area contributed by atoms with Crippen molar-refractivity contribution in [3.8, 4) is 11.5 Å². The van der Waals surface area contributed by atoms with Gasteiger partial charge in [-0.05, 0) is 24.3 Å². The second-order valence-electron chi connectivity index (χ2n) is 3.86. The summed E-state index contributed by atoms with van der Waals surface area (Å²) in [6.45, 7) is 0. The minimum Gasteiger partial charge on any atom is -0.494 e. The number of hydrogen-bond donors (Lipinski definition) is 0. The number of hydrazone groups is 1. The largest absolute Gasteiger partial charge is 0.494 e. The molecule has 0 aliphatic heterocycles. The number of amides is 1. The number of rotatable bonds is 4. The molecule has 106 valence electrons. The summed E-state index contributed by atoms with van der Waals surface area (Å²) in [5.41, 5.74) is 0.282. The molecule has 0 bridgehead atoms. The van der Waals surface area contributed by atoms with Crippen molar-refractivity contribution in [1.82, 2.24) is 0 Å². The van der Waals surface area contributed by atoms with E-state index >= 15 is 0 Å². The van der Waals surface area contributed by atoms with Gasteiger partial charge in [0, 0.05) is 0 Å². The van der Waals surface area contributed by atoms with Gasteiger partial charge in [-0.25, -0.2) is 9.59 Å². The Kier molecular flexibility index (Phi) is 4.69. The topological polar surface area (TPSA) is 68.2 Å². The van der Waals surface area contributed by atoms with Gasteiger partial charge in [-0.1, -0.05) is 35.4 Å². The molecule has 0 aromatic heterocycles. The van der Waals surface area contributed by atoms with Crippen LogP contribution >= 0.6 is 0 Å². The minimum absolute atomic E-state index is 0.282. The zero-order valence-corrected chi connectivity index (χ0v) is 11.2. The summed E-state index contributed by atoms with van der Waals surface area (Å²) in [6.07, 6.45) is 0.490. The van der Waals surface area contributed by atoms with Gasteiger partial charge in [0.1, 0.15) is 17.2 Å². The van der Waals surface area contributed by atoms with Crippen molar-refractivity contribution in [2.24, 2.45) is 5.10 Å². The van der Waals surface area contributed by atoms with Gasteiger partial charge in [-0.2, -0.15) is 5.01 Å². The Morgan fingerprint density at radius 2 is 1.76 bits per heavy atom. The van der Waals surface area contributed by atoms with Crippen molar-refractivity contribution < 1.29 is 19.1 Å². The molecule has 0 aliphatic rings. The Bertz CT molecular complexity index is 666. The lowest BCUT2D eigenvalue weighted by Crippen LogP contribution is -2.28. The number of isocyanates is 1. The number of nitrogens with zero attached hydrogens (tertiary/aromatic N) is 2. The average Bonchev–Trinajstić information content (AvgIpc) is 2.53. The molecule has 0 spiro atoms. The first-order valence-corrected chi connectivity index (χ1v) is 6.04. The molecule has 2 rings (SSSR count). The monoisotopic (exact) mass is 284 g/mol. The summed E-state index contributed by atoms with van der Waals surface area (Å²) in [4.78, 5) is 22.7. The molecule has 0 N–H and O–H groups in total. The van der Waals surface area contributed by atoms with Crippen LogP contribution in [0.3, 0.4) is 0 Å². The van der Waals surface area contributed by atoms with E-state index in [2.05, 4.69) is 5.10 Å². The van der Waals surface area contributed by atoms with E-state index in [1.54, 1.807) is 54.6 Å². The van der Waals surface area contributed by atoms with E-state index in [9.17, 15) is 9.59 Å². The highest BCUT2D eigenvalue weighted by atomic mass is 16.6. The number of para-hydroxylation sites is 3. The highest BCUT2D eigenvalue weighted by molar-refractivity contribution is 5.91. The van der Waals surface area contributed by atoms with Gasteiger partial charge < -0.3 is 9.47 Å². The van der Waals surface area contributed by atoms with Gasteiger partial charge in [0.15, 0.2) is 0 Å². The Morgan fingerprint density at radius 1 is 1.10 bits per heavy atom. The zero-order chi connectivity index (χ0) is 15.1. The molecule has 2 aromatic carbocycles. The second kappa shape index (κ2) is 6.88. The lowest BCUT2D eigenvalue weighted by Gasteiger charge is -2.17. The molecule has 0 saturated heterocycles. The summed E-state index contributed by atoms with van der Waals surface area (Å²) >= 11 is 0. The molecule has 6 nitrogen and oxygen atoms in total. The van der Waals surface area contributed by atoms with Gasteiger partial charge in [0.2, 0.25) is 0 Å². The van der Waals surface area contributed by atoms with Crippen molar-refractivity contribution in [1.29, 1.82) is 0 Å². The molecule has 6 heteroatoms. The van der Waals surface area contributed by atoms with Crippen molar-refractivity contribution >= 4 is 17.9 Å². The van der Waals surface area contributed by atoms with Gasteiger partial charge in [-0.15, -0.1) is 0 Å². The predicted octanol–water partition coefficient (Wildman–Crippen LogP) is 2.95. The van der Waals surface area contributed by atoms with Crippen LogP contribution in [0.15, 0.2) is 59.7 Å². The van der Waals surface area contributed by atoms with Crippen molar-refractivity contribution in [3.05, 3.63) is 54.6 Å². The van der Waals surface area contributed by atoms with Crippen LogP contribution in [0.4, 0.5) is 10.5 Å². The fraction of sp³-hybridized carbons (Fsp3) is 0.0667. The van der Waals surface area contributed by atoms with Crippen molar-refractivity contribution in [3.63, 3.8) is 0 Å². The predicted molar refractivity (Wildman–Crippen MR) is 76.1 cm³/mol. The molecule has 21 heavy (non-hydrogen) atoms. The molecular weight excluding hydrogens is 272 g/mol. The fourth-order valence-corrected chi connectivity index (χ4v) is 1.67. The van der Waals surface area contributed by atoms with E-state index in [0.717, 1.165) is 5.01 Å². The maximum Gasteiger partial charge on any atom is 0.441 e. The molecule has 0 saturated carbocycles. The van der Waals surface area contributed by atoms with Crippen LogP contribution in [-0.2, 0) is 4.79 Å². The molecule has 0 unspecified atom stereocenters. The molecule has 0 heterocycles. The number of anilines is 1. The SMILES string of the molecule is COc1ccccc1N(N=C=O)C(=O)Oc1ccccc1. The molecule has 2 aromatic rings. The summed E-state index contributed by atoms with van der Waals surface area (Å²) in [6, 6.07) is 15.1. The zero-order valence-electron chi connectivity index (χ0n) is 11.2. The molecule has 0 aliphatic carbocycles. The second-order valence-corrected chi connectivity index (χ2v) is 3.86. The lowest BCUT2D eigenvalue weighted by atomic mass is 10.3. The first-order chi connectivity index (χ1) is 10.3. The van der Waals surface area contributed by atoms with E-state index in [1.165, 1.54) is 13.2 Å².